The summed E-state index contributed by atoms with van der Waals surface area (Å²) in [6.07, 6.45) is 2.25. The lowest BCUT2D eigenvalue weighted by Crippen LogP contribution is -2.49. The molecule has 88 valence electrons. The lowest BCUT2D eigenvalue weighted by Gasteiger charge is -2.33. The van der Waals surface area contributed by atoms with E-state index in [1.807, 2.05) is 4.90 Å². The van der Waals surface area contributed by atoms with Crippen LogP contribution >= 0.6 is 0 Å². The molecule has 0 atom stereocenters. The highest BCUT2D eigenvalue weighted by atomic mass is 16.2. The molecule has 0 aromatic rings. The second-order valence-corrected chi connectivity index (χ2v) is 6.06. The summed E-state index contributed by atoms with van der Waals surface area (Å²) in [5.74, 6) is 0.229. The van der Waals surface area contributed by atoms with E-state index in [1.165, 1.54) is 0 Å². The molecular weight excluding hydrogens is 188 g/mol. The van der Waals surface area contributed by atoms with E-state index < -0.39 is 0 Å². The van der Waals surface area contributed by atoms with Gasteiger partial charge in [-0.25, -0.2) is 0 Å². The van der Waals surface area contributed by atoms with Gasteiger partial charge in [0, 0.05) is 17.6 Å². The van der Waals surface area contributed by atoms with Crippen LogP contribution in [0.2, 0.25) is 0 Å². The molecule has 0 aliphatic carbocycles. The molecule has 0 spiro atoms. The van der Waals surface area contributed by atoms with Crippen molar-refractivity contribution in [3.8, 4) is 0 Å². The minimum atomic E-state index is 0.0134. The van der Waals surface area contributed by atoms with Crippen LogP contribution < -0.4 is 5.32 Å². The number of amides is 1. The molecule has 1 aliphatic heterocycles. The van der Waals surface area contributed by atoms with Crippen molar-refractivity contribution < 1.29 is 4.79 Å². The molecule has 1 N–H and O–H groups in total. The zero-order valence-corrected chi connectivity index (χ0v) is 10.7. The van der Waals surface area contributed by atoms with E-state index in [9.17, 15) is 4.79 Å². The third-order valence-corrected chi connectivity index (χ3v) is 2.97. The predicted molar refractivity (Wildman–Crippen MR) is 62.8 cm³/mol. The molecule has 0 bridgehead atoms. The van der Waals surface area contributed by atoms with Gasteiger partial charge in [-0.15, -0.1) is 0 Å². The van der Waals surface area contributed by atoms with Gasteiger partial charge in [0.05, 0.1) is 6.54 Å². The summed E-state index contributed by atoms with van der Waals surface area (Å²) in [4.78, 5) is 14.0. The zero-order valence-electron chi connectivity index (χ0n) is 10.7. The molecule has 1 aliphatic rings. The molecule has 1 rings (SSSR count). The van der Waals surface area contributed by atoms with Gasteiger partial charge in [0.25, 0.3) is 0 Å². The van der Waals surface area contributed by atoms with Crippen molar-refractivity contribution in [2.45, 2.75) is 58.5 Å². The Labute approximate surface area is 93.2 Å². The van der Waals surface area contributed by atoms with Crippen LogP contribution in [-0.4, -0.2) is 35.0 Å². The van der Waals surface area contributed by atoms with Gasteiger partial charge in [0.1, 0.15) is 0 Å². The Bertz CT molecular complexity index is 240. The van der Waals surface area contributed by atoms with Crippen LogP contribution in [0.5, 0.6) is 0 Å². The van der Waals surface area contributed by atoms with Crippen LogP contribution in [0, 0.1) is 0 Å². The van der Waals surface area contributed by atoms with Gasteiger partial charge in [0.15, 0.2) is 0 Å². The number of carbonyl (C=O) groups excluding carboxylic acids is 1. The Balaban J connectivity index is 2.48. The molecule has 3 heteroatoms. The van der Waals surface area contributed by atoms with Crippen molar-refractivity contribution in [1.82, 2.24) is 10.2 Å². The van der Waals surface area contributed by atoms with E-state index in [2.05, 4.69) is 39.9 Å². The highest BCUT2D eigenvalue weighted by molar-refractivity contribution is 5.79. The van der Waals surface area contributed by atoms with E-state index in [-0.39, 0.29) is 17.0 Å². The summed E-state index contributed by atoms with van der Waals surface area (Å²) < 4.78 is 0. The standard InChI is InChI=1S/C12H24N2O/c1-11(2,3)13-9-10(15)14-8-6-7-12(14,4)5/h13H,6-9H2,1-5H3. The van der Waals surface area contributed by atoms with Gasteiger partial charge in [-0.1, -0.05) is 0 Å². The van der Waals surface area contributed by atoms with Crippen LogP contribution in [0.15, 0.2) is 0 Å². The van der Waals surface area contributed by atoms with Crippen molar-refractivity contribution in [1.29, 1.82) is 0 Å². The third kappa shape index (κ3) is 3.49. The molecule has 0 unspecified atom stereocenters. The van der Waals surface area contributed by atoms with Crippen LogP contribution in [0.3, 0.4) is 0 Å². The maximum Gasteiger partial charge on any atom is 0.236 e. The van der Waals surface area contributed by atoms with Gasteiger partial charge >= 0.3 is 0 Å². The largest absolute Gasteiger partial charge is 0.336 e. The van der Waals surface area contributed by atoms with Gasteiger partial charge in [-0.3, -0.25) is 4.79 Å². The number of carbonyl (C=O) groups is 1. The minimum Gasteiger partial charge on any atom is -0.336 e. The van der Waals surface area contributed by atoms with Gasteiger partial charge in [-0.2, -0.15) is 0 Å². The number of hydrogen-bond donors (Lipinski definition) is 1. The third-order valence-electron chi connectivity index (χ3n) is 2.97. The van der Waals surface area contributed by atoms with Crippen molar-refractivity contribution >= 4 is 5.91 Å². The molecule has 1 fully saturated rings. The Hall–Kier alpha value is -0.570. The fraction of sp³-hybridized carbons (Fsp3) is 0.917. The first-order valence-electron chi connectivity index (χ1n) is 5.78. The maximum atomic E-state index is 12.0. The Morgan fingerprint density at radius 2 is 2.00 bits per heavy atom. The topological polar surface area (TPSA) is 32.3 Å². The number of nitrogens with one attached hydrogen (secondary N) is 1. The summed E-state index contributed by atoms with van der Waals surface area (Å²) >= 11 is 0. The smallest absolute Gasteiger partial charge is 0.236 e. The Kier molecular flexibility index (Phi) is 3.44. The average Bonchev–Trinajstić information content (AvgIpc) is 2.40. The first-order valence-corrected chi connectivity index (χ1v) is 5.78. The number of hydrogen-bond acceptors (Lipinski definition) is 2. The first-order chi connectivity index (χ1) is 6.72. The van der Waals surface area contributed by atoms with Crippen molar-refractivity contribution in [2.75, 3.05) is 13.1 Å². The summed E-state index contributed by atoms with van der Waals surface area (Å²) in [7, 11) is 0. The number of rotatable bonds is 2. The first kappa shape index (κ1) is 12.5. The van der Waals surface area contributed by atoms with Crippen LogP contribution in [0.1, 0.15) is 47.5 Å². The van der Waals surface area contributed by atoms with Crippen molar-refractivity contribution in [2.24, 2.45) is 0 Å². The van der Waals surface area contributed by atoms with Crippen LogP contribution in [0.25, 0.3) is 0 Å². The lowest BCUT2D eigenvalue weighted by atomic mass is 10.0. The molecule has 0 radical (unpaired) electrons. The van der Waals surface area contributed by atoms with Crippen molar-refractivity contribution in [3.63, 3.8) is 0 Å². The lowest BCUT2D eigenvalue weighted by molar-refractivity contribution is -0.133. The van der Waals surface area contributed by atoms with Gasteiger partial charge < -0.3 is 10.2 Å². The average molecular weight is 212 g/mol. The summed E-state index contributed by atoms with van der Waals surface area (Å²) in [6, 6.07) is 0. The molecule has 3 nitrogen and oxygen atoms in total. The van der Waals surface area contributed by atoms with E-state index in [4.69, 9.17) is 0 Å². The van der Waals surface area contributed by atoms with E-state index in [0.717, 1.165) is 19.4 Å². The molecular formula is C12H24N2O. The summed E-state index contributed by atoms with van der Waals surface area (Å²) in [5, 5.41) is 3.25. The number of nitrogens with zero attached hydrogens (tertiary/aromatic N) is 1. The maximum absolute atomic E-state index is 12.0. The molecule has 0 saturated carbocycles. The fourth-order valence-corrected chi connectivity index (χ4v) is 2.01. The van der Waals surface area contributed by atoms with E-state index >= 15 is 0 Å². The summed E-state index contributed by atoms with van der Waals surface area (Å²) in [5.41, 5.74) is 0.0656. The van der Waals surface area contributed by atoms with Crippen LogP contribution in [0.4, 0.5) is 0 Å². The highest BCUT2D eigenvalue weighted by Crippen LogP contribution is 2.27. The highest BCUT2D eigenvalue weighted by Gasteiger charge is 2.35. The second kappa shape index (κ2) is 4.12. The quantitative estimate of drug-likeness (QED) is 0.756. The minimum absolute atomic E-state index is 0.0134. The number of likely N-dealkylation sites (tertiary alicyclic amines) is 1. The second-order valence-electron chi connectivity index (χ2n) is 6.06. The molecule has 1 saturated heterocycles. The van der Waals surface area contributed by atoms with E-state index in [0.29, 0.717) is 6.54 Å². The molecule has 0 aromatic heterocycles. The van der Waals surface area contributed by atoms with Gasteiger partial charge in [-0.05, 0) is 47.5 Å². The van der Waals surface area contributed by atoms with Crippen LogP contribution in [-0.2, 0) is 4.79 Å². The van der Waals surface area contributed by atoms with Gasteiger partial charge in [0.2, 0.25) is 5.91 Å². The molecule has 15 heavy (non-hydrogen) atoms. The molecule has 0 aromatic carbocycles. The fourth-order valence-electron chi connectivity index (χ4n) is 2.01. The zero-order chi connectivity index (χ0) is 11.7. The van der Waals surface area contributed by atoms with E-state index in [1.54, 1.807) is 0 Å². The Morgan fingerprint density at radius 3 is 2.40 bits per heavy atom. The molecule has 1 heterocycles. The SMILES string of the molecule is CC(C)(C)NCC(=O)N1CCCC1(C)C. The molecule has 1 amide bonds. The monoisotopic (exact) mass is 212 g/mol. The Morgan fingerprint density at radius 1 is 1.40 bits per heavy atom. The normalized spacial score (nSPS) is 20.7. The predicted octanol–water partition coefficient (Wildman–Crippen LogP) is 1.78. The summed E-state index contributed by atoms with van der Waals surface area (Å²) in [6.45, 7) is 11.9. The van der Waals surface area contributed by atoms with Crippen molar-refractivity contribution in [3.05, 3.63) is 0 Å².